The maximum atomic E-state index is 12.1. The smallest absolute Gasteiger partial charge is 0.274 e. The predicted molar refractivity (Wildman–Crippen MR) is 82.4 cm³/mol. The number of likely N-dealkylation sites (tertiary alicyclic amines) is 1. The fraction of sp³-hybridized carbons (Fsp3) is 0.312. The number of rotatable bonds is 5. The number of carbonyl (C=O) groups is 2. The zero-order valence-electron chi connectivity index (χ0n) is 12.6. The Bertz CT molecular complexity index is 671. The molecule has 1 aliphatic heterocycles. The van der Waals surface area contributed by atoms with Gasteiger partial charge in [-0.25, -0.2) is 4.98 Å². The molecule has 0 aliphatic carbocycles. The molecule has 1 saturated heterocycles. The Morgan fingerprint density at radius 2 is 1.91 bits per heavy atom. The summed E-state index contributed by atoms with van der Waals surface area (Å²) in [5, 5.41) is 2.91. The topological polar surface area (TPSA) is 88.1 Å². The second kappa shape index (κ2) is 6.95. The first-order valence-electron chi connectivity index (χ1n) is 7.46. The Hall–Kier alpha value is -2.83. The summed E-state index contributed by atoms with van der Waals surface area (Å²) in [4.78, 5) is 37.5. The third-order valence-corrected chi connectivity index (χ3v) is 3.78. The maximum Gasteiger partial charge on any atom is 0.274 e. The monoisotopic (exact) mass is 311 g/mol. The van der Waals surface area contributed by atoms with Crippen LogP contribution in [-0.4, -0.2) is 51.3 Å². The standard InChI is InChI=1S/C16H17N5O2/c22-15(20-6-3-12-1-4-17-5-2-12)13-10-21(11-13)16(23)14-9-18-7-8-19-14/h1-2,4-5,7-9,13H,3,6,10-11H2,(H,20,22). The van der Waals surface area contributed by atoms with Gasteiger partial charge in [-0.05, 0) is 24.1 Å². The van der Waals surface area contributed by atoms with E-state index in [0.29, 0.717) is 25.3 Å². The van der Waals surface area contributed by atoms with E-state index in [1.807, 2.05) is 12.1 Å². The zero-order chi connectivity index (χ0) is 16.1. The van der Waals surface area contributed by atoms with Crippen molar-refractivity contribution in [2.45, 2.75) is 6.42 Å². The van der Waals surface area contributed by atoms with Crippen molar-refractivity contribution in [1.29, 1.82) is 0 Å². The van der Waals surface area contributed by atoms with Crippen LogP contribution in [0.3, 0.4) is 0 Å². The van der Waals surface area contributed by atoms with Gasteiger partial charge in [0, 0.05) is 44.4 Å². The molecule has 0 aromatic carbocycles. The van der Waals surface area contributed by atoms with Crippen LogP contribution in [0.1, 0.15) is 16.1 Å². The summed E-state index contributed by atoms with van der Waals surface area (Å²) in [6, 6.07) is 3.85. The Morgan fingerprint density at radius 1 is 1.13 bits per heavy atom. The third kappa shape index (κ3) is 3.68. The van der Waals surface area contributed by atoms with Crippen molar-refractivity contribution in [2.24, 2.45) is 5.92 Å². The highest BCUT2D eigenvalue weighted by Crippen LogP contribution is 2.17. The maximum absolute atomic E-state index is 12.1. The molecule has 3 rings (SSSR count). The van der Waals surface area contributed by atoms with E-state index in [0.717, 1.165) is 12.0 Å². The second-order valence-corrected chi connectivity index (χ2v) is 5.39. The van der Waals surface area contributed by atoms with Crippen molar-refractivity contribution in [2.75, 3.05) is 19.6 Å². The molecule has 1 fully saturated rings. The van der Waals surface area contributed by atoms with Crippen LogP contribution in [0.4, 0.5) is 0 Å². The molecule has 2 amide bonds. The molecule has 23 heavy (non-hydrogen) atoms. The lowest BCUT2D eigenvalue weighted by molar-refractivity contribution is -0.128. The van der Waals surface area contributed by atoms with Gasteiger partial charge in [0.1, 0.15) is 5.69 Å². The average molecular weight is 311 g/mol. The van der Waals surface area contributed by atoms with Gasteiger partial charge in [-0.2, -0.15) is 0 Å². The molecule has 0 unspecified atom stereocenters. The molecule has 1 N–H and O–H groups in total. The van der Waals surface area contributed by atoms with Crippen LogP contribution >= 0.6 is 0 Å². The highest BCUT2D eigenvalue weighted by Gasteiger charge is 2.36. The van der Waals surface area contributed by atoms with Gasteiger partial charge in [-0.3, -0.25) is 19.6 Å². The quantitative estimate of drug-likeness (QED) is 0.858. The molecule has 3 heterocycles. The summed E-state index contributed by atoms with van der Waals surface area (Å²) in [5.74, 6) is -0.339. The van der Waals surface area contributed by atoms with E-state index in [-0.39, 0.29) is 17.7 Å². The summed E-state index contributed by atoms with van der Waals surface area (Å²) in [6.07, 6.45) is 8.67. The van der Waals surface area contributed by atoms with E-state index in [4.69, 9.17) is 0 Å². The minimum absolute atomic E-state index is 0.0118. The fourth-order valence-electron chi connectivity index (χ4n) is 2.41. The van der Waals surface area contributed by atoms with Crippen LogP contribution in [-0.2, 0) is 11.2 Å². The lowest BCUT2D eigenvalue weighted by atomic mass is 9.98. The number of hydrogen-bond acceptors (Lipinski definition) is 5. The highest BCUT2D eigenvalue weighted by molar-refractivity contribution is 5.94. The lowest BCUT2D eigenvalue weighted by Crippen LogP contribution is -2.56. The Kier molecular flexibility index (Phi) is 4.56. The van der Waals surface area contributed by atoms with Gasteiger partial charge in [0.25, 0.3) is 5.91 Å². The largest absolute Gasteiger partial charge is 0.355 e. The molecule has 0 radical (unpaired) electrons. The second-order valence-electron chi connectivity index (χ2n) is 5.39. The number of carbonyl (C=O) groups excluding carboxylic acids is 2. The van der Waals surface area contributed by atoms with Crippen LogP contribution in [0, 0.1) is 5.92 Å². The lowest BCUT2D eigenvalue weighted by Gasteiger charge is -2.37. The Morgan fingerprint density at radius 3 is 2.61 bits per heavy atom. The molecule has 118 valence electrons. The number of pyridine rings is 1. The van der Waals surface area contributed by atoms with E-state index in [2.05, 4.69) is 20.3 Å². The highest BCUT2D eigenvalue weighted by atomic mass is 16.2. The Labute approximate surface area is 133 Å². The summed E-state index contributed by atoms with van der Waals surface area (Å²) in [6.45, 7) is 1.43. The first kappa shape index (κ1) is 15.1. The molecular weight excluding hydrogens is 294 g/mol. The van der Waals surface area contributed by atoms with E-state index in [1.54, 1.807) is 17.3 Å². The fourth-order valence-corrected chi connectivity index (χ4v) is 2.41. The van der Waals surface area contributed by atoms with Crippen LogP contribution in [0.2, 0.25) is 0 Å². The van der Waals surface area contributed by atoms with Crippen molar-refractivity contribution in [3.05, 3.63) is 54.4 Å². The van der Waals surface area contributed by atoms with Gasteiger partial charge in [0.2, 0.25) is 5.91 Å². The number of amides is 2. The number of nitrogens with one attached hydrogen (secondary N) is 1. The van der Waals surface area contributed by atoms with Crippen molar-refractivity contribution < 1.29 is 9.59 Å². The molecule has 0 saturated carbocycles. The molecule has 2 aromatic rings. The van der Waals surface area contributed by atoms with E-state index >= 15 is 0 Å². The van der Waals surface area contributed by atoms with Gasteiger partial charge >= 0.3 is 0 Å². The molecule has 0 atom stereocenters. The van der Waals surface area contributed by atoms with Crippen LogP contribution in [0.5, 0.6) is 0 Å². The molecule has 0 spiro atoms. The number of aromatic nitrogens is 3. The molecule has 7 nitrogen and oxygen atoms in total. The number of hydrogen-bond donors (Lipinski definition) is 1. The van der Waals surface area contributed by atoms with Crippen molar-refractivity contribution in [1.82, 2.24) is 25.2 Å². The van der Waals surface area contributed by atoms with Gasteiger partial charge in [0.05, 0.1) is 12.1 Å². The minimum atomic E-state index is -0.182. The first-order valence-corrected chi connectivity index (χ1v) is 7.46. The van der Waals surface area contributed by atoms with Crippen LogP contribution < -0.4 is 5.32 Å². The molecule has 7 heteroatoms. The van der Waals surface area contributed by atoms with Crippen molar-refractivity contribution in [3.8, 4) is 0 Å². The molecule has 1 aliphatic rings. The van der Waals surface area contributed by atoms with Gasteiger partial charge in [-0.1, -0.05) is 0 Å². The van der Waals surface area contributed by atoms with Crippen molar-refractivity contribution in [3.63, 3.8) is 0 Å². The summed E-state index contributed by atoms with van der Waals surface area (Å²) in [5.41, 5.74) is 1.44. The average Bonchev–Trinajstić information content (AvgIpc) is 2.55. The summed E-state index contributed by atoms with van der Waals surface area (Å²) < 4.78 is 0. The number of nitrogens with zero attached hydrogens (tertiary/aromatic N) is 4. The third-order valence-electron chi connectivity index (χ3n) is 3.78. The van der Waals surface area contributed by atoms with E-state index in [9.17, 15) is 9.59 Å². The van der Waals surface area contributed by atoms with E-state index in [1.165, 1.54) is 18.6 Å². The SMILES string of the molecule is O=C(NCCc1ccncc1)C1CN(C(=O)c2cnccn2)C1. The van der Waals surface area contributed by atoms with Crippen LogP contribution in [0.25, 0.3) is 0 Å². The molecule has 0 bridgehead atoms. The van der Waals surface area contributed by atoms with Gasteiger partial charge < -0.3 is 10.2 Å². The zero-order valence-corrected chi connectivity index (χ0v) is 12.6. The summed E-state index contributed by atoms with van der Waals surface area (Å²) >= 11 is 0. The molecule has 2 aromatic heterocycles. The normalized spacial score (nSPS) is 14.2. The van der Waals surface area contributed by atoms with Gasteiger partial charge in [-0.15, -0.1) is 0 Å². The van der Waals surface area contributed by atoms with Crippen molar-refractivity contribution >= 4 is 11.8 Å². The Balaban J connectivity index is 1.41. The van der Waals surface area contributed by atoms with E-state index < -0.39 is 0 Å². The predicted octanol–water partition coefficient (Wildman–Crippen LogP) is 0.302. The summed E-state index contributed by atoms with van der Waals surface area (Å²) in [7, 11) is 0. The first-order chi connectivity index (χ1) is 11.2. The van der Waals surface area contributed by atoms with Crippen LogP contribution in [0.15, 0.2) is 43.1 Å². The molecular formula is C16H17N5O2. The minimum Gasteiger partial charge on any atom is -0.355 e. The van der Waals surface area contributed by atoms with Gasteiger partial charge in [0.15, 0.2) is 0 Å².